The van der Waals surface area contributed by atoms with Crippen molar-refractivity contribution >= 4 is 66.6 Å². The van der Waals surface area contributed by atoms with Gasteiger partial charge in [0.25, 0.3) is 10.0 Å². The zero-order valence-electron chi connectivity index (χ0n) is 12.3. The van der Waals surface area contributed by atoms with Crippen LogP contribution in [-0.2, 0) is 20.0 Å². The second-order valence-electron chi connectivity index (χ2n) is 4.81. The molecule has 0 radical (unpaired) electrons. The zero-order valence-corrected chi connectivity index (χ0v) is 16.2. The number of primary sulfonamides is 1. The van der Waals surface area contributed by atoms with E-state index in [1.165, 1.54) is 30.3 Å². The molecule has 3 N–H and O–H groups in total. The van der Waals surface area contributed by atoms with E-state index in [4.69, 9.17) is 39.9 Å². The van der Waals surface area contributed by atoms with Gasteiger partial charge in [-0.3, -0.25) is 4.72 Å². The van der Waals surface area contributed by atoms with Crippen molar-refractivity contribution in [2.24, 2.45) is 5.14 Å². The first-order chi connectivity index (χ1) is 11.5. The maximum absolute atomic E-state index is 12.2. The predicted octanol–water partition coefficient (Wildman–Crippen LogP) is 3.71. The molecular weight excluding hydrogens is 431 g/mol. The van der Waals surface area contributed by atoms with Crippen LogP contribution in [0.1, 0.15) is 5.56 Å². The largest absolute Gasteiger partial charge is 0.279 e. The van der Waals surface area contributed by atoms with E-state index in [1.54, 1.807) is 6.07 Å². The smallest absolute Gasteiger partial charge is 0.255 e. The second-order valence-corrected chi connectivity index (χ2v) is 9.16. The summed E-state index contributed by atoms with van der Waals surface area (Å²) in [4.78, 5) is -0.438. The van der Waals surface area contributed by atoms with Gasteiger partial charge in [-0.05, 0) is 42.0 Å². The van der Waals surface area contributed by atoms with Gasteiger partial charge in [0, 0.05) is 5.02 Å². The molecule has 0 bridgehead atoms. The number of nitrogens with one attached hydrogen (secondary N) is 1. The lowest BCUT2D eigenvalue weighted by molar-refractivity contribution is 0.598. The fraction of sp³-hybridized carbons (Fsp3) is 0. The summed E-state index contributed by atoms with van der Waals surface area (Å²) in [5.74, 6) is 0. The lowest BCUT2D eigenvalue weighted by Gasteiger charge is -2.09. The van der Waals surface area contributed by atoms with Crippen molar-refractivity contribution < 1.29 is 16.8 Å². The summed E-state index contributed by atoms with van der Waals surface area (Å²) >= 11 is 17.4. The topological polar surface area (TPSA) is 106 Å². The minimum Gasteiger partial charge on any atom is -0.279 e. The number of anilines is 1. The number of nitrogens with two attached hydrogens (primary N) is 1. The molecule has 6 nitrogen and oxygen atoms in total. The average Bonchev–Trinajstić information content (AvgIpc) is 2.49. The van der Waals surface area contributed by atoms with Gasteiger partial charge in [-0.1, -0.05) is 40.9 Å². The van der Waals surface area contributed by atoms with E-state index in [9.17, 15) is 16.8 Å². The van der Waals surface area contributed by atoms with E-state index in [1.807, 2.05) is 0 Å². The highest BCUT2D eigenvalue weighted by atomic mass is 35.5. The van der Waals surface area contributed by atoms with Crippen LogP contribution < -0.4 is 9.86 Å². The molecule has 2 aromatic rings. The lowest BCUT2D eigenvalue weighted by atomic mass is 10.2. The maximum Gasteiger partial charge on any atom is 0.255 e. The van der Waals surface area contributed by atoms with Crippen LogP contribution in [0.15, 0.2) is 46.7 Å². The Morgan fingerprint density at radius 1 is 0.920 bits per heavy atom. The zero-order chi connectivity index (χ0) is 18.8. The molecule has 134 valence electrons. The third-order valence-electron chi connectivity index (χ3n) is 2.89. The van der Waals surface area contributed by atoms with Crippen LogP contribution in [0.3, 0.4) is 0 Å². The molecule has 2 rings (SSSR count). The van der Waals surface area contributed by atoms with Gasteiger partial charge in [0.05, 0.1) is 21.1 Å². The normalized spacial score (nSPS) is 12.5. The van der Waals surface area contributed by atoms with Crippen molar-refractivity contribution in [2.75, 3.05) is 4.72 Å². The van der Waals surface area contributed by atoms with E-state index in [2.05, 4.69) is 4.72 Å². The van der Waals surface area contributed by atoms with E-state index in [-0.39, 0.29) is 15.7 Å². The summed E-state index contributed by atoms with van der Waals surface area (Å²) in [5.41, 5.74) is 0.272. The van der Waals surface area contributed by atoms with Crippen LogP contribution in [0.25, 0.3) is 6.08 Å². The van der Waals surface area contributed by atoms with Gasteiger partial charge < -0.3 is 0 Å². The number of halogens is 3. The van der Waals surface area contributed by atoms with Gasteiger partial charge in [0.1, 0.15) is 4.90 Å². The van der Waals surface area contributed by atoms with Crippen molar-refractivity contribution in [1.82, 2.24) is 0 Å². The first-order valence-corrected chi connectivity index (χ1v) is 10.7. The Hall–Kier alpha value is -1.29. The first-order valence-electron chi connectivity index (χ1n) is 6.46. The molecule has 0 amide bonds. The summed E-state index contributed by atoms with van der Waals surface area (Å²) in [7, 11) is -8.19. The fourth-order valence-electron chi connectivity index (χ4n) is 1.79. The number of hydrogen-bond donors (Lipinski definition) is 2. The summed E-state index contributed by atoms with van der Waals surface area (Å²) in [6, 6.07) is 8.15. The molecule has 0 aliphatic heterocycles. The van der Waals surface area contributed by atoms with Crippen molar-refractivity contribution in [2.45, 2.75) is 4.90 Å². The highest BCUT2D eigenvalue weighted by molar-refractivity contribution is 7.95. The Balaban J connectivity index is 2.33. The molecule has 2 aromatic carbocycles. The van der Waals surface area contributed by atoms with E-state index < -0.39 is 24.9 Å². The lowest BCUT2D eigenvalue weighted by Crippen LogP contribution is -2.17. The SMILES string of the molecule is NS(=O)(=O)c1cc(Cl)ccc1NS(=O)(=O)/C=C/c1ccc(Cl)c(Cl)c1. The number of benzene rings is 2. The van der Waals surface area contributed by atoms with E-state index >= 15 is 0 Å². The van der Waals surface area contributed by atoms with Gasteiger partial charge in [0.15, 0.2) is 0 Å². The van der Waals surface area contributed by atoms with Crippen molar-refractivity contribution in [1.29, 1.82) is 0 Å². The standard InChI is InChI=1S/C14H11Cl3N2O4S2/c15-10-2-4-13(14(8-10)25(18,22)23)19-24(20,21)6-5-9-1-3-11(16)12(17)7-9/h1-8,19H,(H2,18,22,23)/b6-5+. The second kappa shape index (κ2) is 7.53. The van der Waals surface area contributed by atoms with Crippen LogP contribution in [0.4, 0.5) is 5.69 Å². The first kappa shape index (κ1) is 20.0. The molecular formula is C14H11Cl3N2O4S2. The van der Waals surface area contributed by atoms with Crippen molar-refractivity contribution in [3.63, 3.8) is 0 Å². The molecule has 0 saturated carbocycles. The van der Waals surface area contributed by atoms with Gasteiger partial charge in [0.2, 0.25) is 10.0 Å². The third-order valence-corrected chi connectivity index (χ3v) is 5.81. The Bertz CT molecular complexity index is 1050. The number of sulfonamides is 2. The summed E-state index contributed by atoms with van der Waals surface area (Å²) in [6.07, 6.45) is 1.27. The predicted molar refractivity (Wildman–Crippen MR) is 101 cm³/mol. The number of rotatable bonds is 5. The summed E-state index contributed by atoms with van der Waals surface area (Å²) in [6.45, 7) is 0. The van der Waals surface area contributed by atoms with Crippen LogP contribution >= 0.6 is 34.8 Å². The average molecular weight is 442 g/mol. The molecule has 0 fully saturated rings. The van der Waals surface area contributed by atoms with Crippen LogP contribution in [0, 0.1) is 0 Å². The molecule has 0 atom stereocenters. The van der Waals surface area contributed by atoms with Crippen molar-refractivity contribution in [3.05, 3.63) is 62.4 Å². The van der Waals surface area contributed by atoms with Crippen molar-refractivity contribution in [3.8, 4) is 0 Å². The molecule has 0 unspecified atom stereocenters. The summed E-state index contributed by atoms with van der Waals surface area (Å²) < 4.78 is 49.6. The molecule has 0 aliphatic carbocycles. The number of hydrogen-bond acceptors (Lipinski definition) is 4. The van der Waals surface area contributed by atoms with Crippen LogP contribution in [-0.4, -0.2) is 16.8 Å². The fourth-order valence-corrected chi connectivity index (χ4v) is 4.00. The molecule has 0 spiro atoms. The molecule has 25 heavy (non-hydrogen) atoms. The van der Waals surface area contributed by atoms with Gasteiger partial charge in [-0.2, -0.15) is 0 Å². The van der Waals surface area contributed by atoms with Gasteiger partial charge in [-0.25, -0.2) is 22.0 Å². The minimum atomic E-state index is -4.17. The monoisotopic (exact) mass is 440 g/mol. The Morgan fingerprint density at radius 3 is 2.20 bits per heavy atom. The molecule has 0 aliphatic rings. The molecule has 0 aromatic heterocycles. The minimum absolute atomic E-state index is 0.0957. The Morgan fingerprint density at radius 2 is 1.60 bits per heavy atom. The Kier molecular flexibility index (Phi) is 6.03. The molecule has 0 saturated heterocycles. The van der Waals surface area contributed by atoms with Crippen LogP contribution in [0.5, 0.6) is 0 Å². The Labute approximate surface area is 160 Å². The molecule has 11 heteroatoms. The third kappa shape index (κ3) is 5.60. The molecule has 0 heterocycles. The van der Waals surface area contributed by atoms with Crippen LogP contribution in [0.2, 0.25) is 15.1 Å². The van der Waals surface area contributed by atoms with E-state index in [0.717, 1.165) is 11.5 Å². The maximum atomic E-state index is 12.2. The van der Waals surface area contributed by atoms with E-state index in [0.29, 0.717) is 10.6 Å². The van der Waals surface area contributed by atoms with Gasteiger partial charge in [-0.15, -0.1) is 0 Å². The summed E-state index contributed by atoms with van der Waals surface area (Å²) in [5, 5.41) is 6.62. The highest BCUT2D eigenvalue weighted by Gasteiger charge is 2.18. The quantitative estimate of drug-likeness (QED) is 0.737. The van der Waals surface area contributed by atoms with Gasteiger partial charge >= 0.3 is 0 Å². The highest BCUT2D eigenvalue weighted by Crippen LogP contribution is 2.26.